The van der Waals surface area contributed by atoms with Crippen molar-refractivity contribution >= 4 is 34.7 Å². The first-order valence-corrected chi connectivity index (χ1v) is 10.6. The summed E-state index contributed by atoms with van der Waals surface area (Å²) in [6.07, 6.45) is 0.742. The third kappa shape index (κ3) is 4.85. The summed E-state index contributed by atoms with van der Waals surface area (Å²) in [7, 11) is 3.14. The SMILES string of the molecule is CCn1c(Cc2cccs2)nnc1SCC(=O)Nc1cc(OC)ccc1OC. The van der Waals surface area contributed by atoms with Crippen LogP contribution in [0, 0.1) is 0 Å². The minimum atomic E-state index is -0.151. The Bertz CT molecular complexity index is 925. The van der Waals surface area contributed by atoms with Gasteiger partial charge in [-0.25, -0.2) is 0 Å². The maximum Gasteiger partial charge on any atom is 0.234 e. The lowest BCUT2D eigenvalue weighted by Crippen LogP contribution is -2.15. The summed E-state index contributed by atoms with van der Waals surface area (Å²) in [4.78, 5) is 13.7. The highest BCUT2D eigenvalue weighted by atomic mass is 32.2. The van der Waals surface area contributed by atoms with Crippen molar-refractivity contribution < 1.29 is 14.3 Å². The van der Waals surface area contributed by atoms with Crippen LogP contribution in [0.1, 0.15) is 17.6 Å². The van der Waals surface area contributed by atoms with E-state index < -0.39 is 0 Å². The van der Waals surface area contributed by atoms with Crippen LogP contribution in [-0.2, 0) is 17.8 Å². The molecule has 9 heteroatoms. The molecule has 0 unspecified atom stereocenters. The summed E-state index contributed by atoms with van der Waals surface area (Å²) in [6.45, 7) is 2.80. The van der Waals surface area contributed by atoms with E-state index in [-0.39, 0.29) is 11.7 Å². The Balaban J connectivity index is 1.64. The number of carbonyl (C=O) groups is 1. The van der Waals surface area contributed by atoms with Gasteiger partial charge in [0.05, 0.1) is 25.7 Å². The summed E-state index contributed by atoms with van der Waals surface area (Å²) in [6, 6.07) is 9.38. The van der Waals surface area contributed by atoms with Crippen LogP contribution < -0.4 is 14.8 Å². The minimum absolute atomic E-state index is 0.151. The van der Waals surface area contributed by atoms with E-state index in [1.54, 1.807) is 43.8 Å². The highest BCUT2D eigenvalue weighted by Crippen LogP contribution is 2.29. The van der Waals surface area contributed by atoms with Gasteiger partial charge >= 0.3 is 0 Å². The highest BCUT2D eigenvalue weighted by molar-refractivity contribution is 7.99. The van der Waals surface area contributed by atoms with Crippen LogP contribution in [0.3, 0.4) is 0 Å². The number of thiophene rings is 1. The van der Waals surface area contributed by atoms with E-state index in [2.05, 4.69) is 27.0 Å². The van der Waals surface area contributed by atoms with Gasteiger partial charge in [-0.15, -0.1) is 21.5 Å². The Hall–Kier alpha value is -2.52. The number of aromatic nitrogens is 3. The van der Waals surface area contributed by atoms with Crippen LogP contribution in [0.15, 0.2) is 40.9 Å². The average Bonchev–Trinajstić information content (AvgIpc) is 3.36. The van der Waals surface area contributed by atoms with E-state index in [0.29, 0.717) is 17.2 Å². The van der Waals surface area contributed by atoms with Crippen LogP contribution >= 0.6 is 23.1 Å². The third-order valence-electron chi connectivity index (χ3n) is 4.04. The van der Waals surface area contributed by atoms with Crippen LogP contribution in [0.4, 0.5) is 5.69 Å². The van der Waals surface area contributed by atoms with Crippen molar-refractivity contribution in [3.8, 4) is 11.5 Å². The molecule has 0 atom stereocenters. The molecular formula is C19H22N4O3S2. The maximum atomic E-state index is 12.4. The molecule has 0 aliphatic carbocycles. The number of rotatable bonds is 9. The van der Waals surface area contributed by atoms with Gasteiger partial charge in [0.15, 0.2) is 5.16 Å². The van der Waals surface area contributed by atoms with Crippen molar-refractivity contribution in [3.05, 3.63) is 46.4 Å². The Morgan fingerprint density at radius 2 is 2.11 bits per heavy atom. The largest absolute Gasteiger partial charge is 0.497 e. The van der Waals surface area contributed by atoms with Crippen LogP contribution in [-0.4, -0.2) is 40.6 Å². The highest BCUT2D eigenvalue weighted by Gasteiger charge is 2.15. The molecule has 0 aliphatic heterocycles. The summed E-state index contributed by atoms with van der Waals surface area (Å²) < 4.78 is 12.5. The van der Waals surface area contributed by atoms with Gasteiger partial charge in [-0.2, -0.15) is 0 Å². The van der Waals surface area contributed by atoms with Crippen LogP contribution in [0.2, 0.25) is 0 Å². The van der Waals surface area contributed by atoms with Gasteiger partial charge in [-0.1, -0.05) is 17.8 Å². The molecule has 2 aromatic heterocycles. The number of methoxy groups -OCH3 is 2. The minimum Gasteiger partial charge on any atom is -0.497 e. The van der Waals surface area contributed by atoms with E-state index >= 15 is 0 Å². The number of amides is 1. The first-order chi connectivity index (χ1) is 13.6. The molecule has 0 radical (unpaired) electrons. The number of ether oxygens (including phenoxy) is 2. The fraction of sp³-hybridized carbons (Fsp3) is 0.316. The lowest BCUT2D eigenvalue weighted by atomic mass is 10.2. The first-order valence-electron chi connectivity index (χ1n) is 8.73. The molecule has 0 saturated heterocycles. The van der Waals surface area contributed by atoms with Crippen molar-refractivity contribution in [2.45, 2.75) is 25.0 Å². The second kappa shape index (κ2) is 9.61. The Morgan fingerprint density at radius 1 is 1.25 bits per heavy atom. The fourth-order valence-electron chi connectivity index (χ4n) is 2.67. The summed E-state index contributed by atoms with van der Waals surface area (Å²) in [5, 5.41) is 14.2. The van der Waals surface area contributed by atoms with E-state index in [1.165, 1.54) is 16.6 Å². The molecule has 0 bridgehead atoms. The smallest absolute Gasteiger partial charge is 0.234 e. The molecule has 3 rings (SSSR count). The standard InChI is InChI=1S/C19H22N4O3S2/c1-4-23-17(11-14-6-5-9-27-14)21-22-19(23)28-12-18(24)20-15-10-13(25-2)7-8-16(15)26-3/h5-10H,4,11-12H2,1-3H3,(H,20,24). The van der Waals surface area contributed by atoms with Gasteiger partial charge in [-0.05, 0) is 30.5 Å². The summed E-state index contributed by atoms with van der Waals surface area (Å²) in [5.41, 5.74) is 0.572. The molecule has 28 heavy (non-hydrogen) atoms. The zero-order chi connectivity index (χ0) is 19.9. The average molecular weight is 419 g/mol. The molecule has 1 aromatic carbocycles. The lowest BCUT2D eigenvalue weighted by Gasteiger charge is -2.12. The molecule has 3 aromatic rings. The number of nitrogens with one attached hydrogen (secondary N) is 1. The van der Waals surface area contributed by atoms with Crippen molar-refractivity contribution in [3.63, 3.8) is 0 Å². The predicted octanol–water partition coefficient (Wildman–Crippen LogP) is 3.70. The zero-order valence-corrected chi connectivity index (χ0v) is 17.6. The molecule has 1 amide bonds. The van der Waals surface area contributed by atoms with E-state index in [1.807, 2.05) is 17.6 Å². The molecule has 7 nitrogen and oxygen atoms in total. The lowest BCUT2D eigenvalue weighted by molar-refractivity contribution is -0.113. The van der Waals surface area contributed by atoms with Crippen LogP contribution in [0.5, 0.6) is 11.5 Å². The molecule has 0 fully saturated rings. The van der Waals surface area contributed by atoms with Gasteiger partial charge in [0.2, 0.25) is 5.91 Å². The van der Waals surface area contributed by atoms with Gasteiger partial charge in [0, 0.05) is 23.9 Å². The zero-order valence-electron chi connectivity index (χ0n) is 16.0. The van der Waals surface area contributed by atoms with Crippen LogP contribution in [0.25, 0.3) is 0 Å². The van der Waals surface area contributed by atoms with Crippen molar-refractivity contribution in [2.75, 3.05) is 25.3 Å². The second-order valence-electron chi connectivity index (χ2n) is 5.80. The fourth-order valence-corrected chi connectivity index (χ4v) is 4.19. The number of benzene rings is 1. The van der Waals surface area contributed by atoms with Crippen molar-refractivity contribution in [2.24, 2.45) is 0 Å². The monoisotopic (exact) mass is 418 g/mol. The van der Waals surface area contributed by atoms with E-state index in [0.717, 1.165) is 23.9 Å². The number of hydrogen-bond acceptors (Lipinski definition) is 7. The van der Waals surface area contributed by atoms with Crippen molar-refractivity contribution in [1.29, 1.82) is 0 Å². The predicted molar refractivity (Wildman–Crippen MR) is 112 cm³/mol. The first kappa shape index (κ1) is 20.2. The maximum absolute atomic E-state index is 12.4. The number of thioether (sulfide) groups is 1. The third-order valence-corrected chi connectivity index (χ3v) is 5.88. The van der Waals surface area contributed by atoms with Gasteiger partial charge in [0.1, 0.15) is 17.3 Å². The van der Waals surface area contributed by atoms with E-state index in [4.69, 9.17) is 9.47 Å². The topological polar surface area (TPSA) is 78.3 Å². The molecule has 148 valence electrons. The molecule has 0 aliphatic rings. The normalized spacial score (nSPS) is 10.7. The molecule has 2 heterocycles. The van der Waals surface area contributed by atoms with E-state index in [9.17, 15) is 4.79 Å². The quantitative estimate of drug-likeness (QED) is 0.534. The molecule has 1 N–H and O–H groups in total. The number of hydrogen-bond donors (Lipinski definition) is 1. The van der Waals surface area contributed by atoms with Gasteiger partial charge < -0.3 is 19.4 Å². The second-order valence-corrected chi connectivity index (χ2v) is 7.78. The molecule has 0 saturated carbocycles. The Labute approximate surface area is 172 Å². The Kier molecular flexibility index (Phi) is 6.94. The summed E-state index contributed by atoms with van der Waals surface area (Å²) in [5.74, 6) is 2.20. The van der Waals surface area contributed by atoms with Gasteiger partial charge in [-0.3, -0.25) is 4.79 Å². The van der Waals surface area contributed by atoms with Crippen molar-refractivity contribution in [1.82, 2.24) is 14.8 Å². The van der Waals surface area contributed by atoms with Gasteiger partial charge in [0.25, 0.3) is 0 Å². The number of nitrogens with zero attached hydrogens (tertiary/aromatic N) is 3. The number of carbonyl (C=O) groups excluding carboxylic acids is 1. The Morgan fingerprint density at radius 3 is 2.79 bits per heavy atom. The molecule has 0 spiro atoms. The number of anilines is 1. The molecular weight excluding hydrogens is 396 g/mol. The summed E-state index contributed by atoms with van der Waals surface area (Å²) >= 11 is 3.06.